The summed E-state index contributed by atoms with van der Waals surface area (Å²) in [5.41, 5.74) is 1.11. The summed E-state index contributed by atoms with van der Waals surface area (Å²) in [5.74, 6) is 0.700. The molecular weight excluding hydrogens is 276 g/mol. The number of rotatable bonds is 4. The maximum Gasteiger partial charge on any atom is 0.225 e. The van der Waals surface area contributed by atoms with Crippen molar-refractivity contribution >= 4 is 16.0 Å². The standard InChI is InChI=1S/C13H20N4O2S/c1-2-11-9-14-13(15-10-11)16-5-7-17(8-6-16)20(18,19)12-3-4-12/h9-10,12H,2-8H2,1H3. The van der Waals surface area contributed by atoms with Crippen molar-refractivity contribution in [3.05, 3.63) is 18.0 Å². The van der Waals surface area contributed by atoms with Crippen LogP contribution < -0.4 is 4.90 Å². The number of hydrogen-bond acceptors (Lipinski definition) is 5. The van der Waals surface area contributed by atoms with Gasteiger partial charge in [0.1, 0.15) is 0 Å². The predicted octanol–water partition coefficient (Wildman–Crippen LogP) is 0.653. The summed E-state index contributed by atoms with van der Waals surface area (Å²) in [6.07, 6.45) is 6.26. The summed E-state index contributed by atoms with van der Waals surface area (Å²) in [7, 11) is -3.04. The van der Waals surface area contributed by atoms with E-state index in [1.54, 1.807) is 4.31 Å². The predicted molar refractivity (Wildman–Crippen MR) is 77.1 cm³/mol. The van der Waals surface area contributed by atoms with E-state index in [1.807, 2.05) is 12.4 Å². The van der Waals surface area contributed by atoms with Gasteiger partial charge in [-0.15, -0.1) is 0 Å². The lowest BCUT2D eigenvalue weighted by molar-refractivity contribution is 0.382. The average Bonchev–Trinajstić information content (AvgIpc) is 3.33. The van der Waals surface area contributed by atoms with Crippen molar-refractivity contribution in [2.75, 3.05) is 31.1 Å². The Kier molecular flexibility index (Phi) is 3.64. The van der Waals surface area contributed by atoms with Crippen molar-refractivity contribution in [3.8, 4) is 0 Å². The second-order valence-electron chi connectivity index (χ2n) is 5.38. The Hall–Kier alpha value is -1.21. The lowest BCUT2D eigenvalue weighted by Crippen LogP contribution is -2.50. The molecule has 0 unspecified atom stereocenters. The summed E-state index contributed by atoms with van der Waals surface area (Å²) in [6.45, 7) is 4.48. The van der Waals surface area contributed by atoms with Crippen LogP contribution >= 0.6 is 0 Å². The van der Waals surface area contributed by atoms with E-state index in [0.29, 0.717) is 32.1 Å². The average molecular weight is 296 g/mol. The molecule has 1 aliphatic carbocycles. The minimum absolute atomic E-state index is 0.117. The summed E-state index contributed by atoms with van der Waals surface area (Å²) < 4.78 is 25.9. The highest BCUT2D eigenvalue weighted by Crippen LogP contribution is 2.31. The zero-order valence-corrected chi connectivity index (χ0v) is 12.5. The van der Waals surface area contributed by atoms with Gasteiger partial charge in [-0.05, 0) is 24.8 Å². The first-order valence-electron chi connectivity index (χ1n) is 7.16. The van der Waals surface area contributed by atoms with Crippen LogP contribution in [0, 0.1) is 0 Å². The number of aryl methyl sites for hydroxylation is 1. The molecule has 0 aromatic carbocycles. The Morgan fingerprint density at radius 1 is 1.15 bits per heavy atom. The molecular formula is C13H20N4O2S. The van der Waals surface area contributed by atoms with Gasteiger partial charge in [-0.3, -0.25) is 0 Å². The molecule has 20 heavy (non-hydrogen) atoms. The van der Waals surface area contributed by atoms with E-state index < -0.39 is 10.0 Å². The van der Waals surface area contributed by atoms with Gasteiger partial charge in [0.15, 0.2) is 0 Å². The van der Waals surface area contributed by atoms with E-state index in [1.165, 1.54) is 0 Å². The van der Waals surface area contributed by atoms with Crippen molar-refractivity contribution in [2.24, 2.45) is 0 Å². The summed E-state index contributed by atoms with van der Waals surface area (Å²) in [5, 5.41) is -0.117. The molecule has 1 aliphatic heterocycles. The molecule has 0 amide bonds. The fourth-order valence-electron chi connectivity index (χ4n) is 2.41. The molecule has 3 rings (SSSR count). The van der Waals surface area contributed by atoms with Crippen LogP contribution in [0.3, 0.4) is 0 Å². The maximum atomic E-state index is 12.2. The SMILES string of the molecule is CCc1cnc(N2CCN(S(=O)(=O)C3CC3)CC2)nc1. The first kappa shape index (κ1) is 13.8. The van der Waals surface area contributed by atoms with Gasteiger partial charge in [-0.25, -0.2) is 18.4 Å². The monoisotopic (exact) mass is 296 g/mol. The Balaban J connectivity index is 1.63. The van der Waals surface area contributed by atoms with Gasteiger partial charge in [0.25, 0.3) is 0 Å². The minimum Gasteiger partial charge on any atom is -0.338 e. The van der Waals surface area contributed by atoms with Gasteiger partial charge in [-0.1, -0.05) is 6.92 Å². The molecule has 2 aliphatic rings. The third-order valence-electron chi connectivity index (χ3n) is 3.93. The smallest absolute Gasteiger partial charge is 0.225 e. The molecule has 1 saturated carbocycles. The van der Waals surface area contributed by atoms with Gasteiger partial charge in [0, 0.05) is 38.6 Å². The zero-order chi connectivity index (χ0) is 14.2. The molecule has 2 heterocycles. The number of hydrogen-bond donors (Lipinski definition) is 0. The third-order valence-corrected chi connectivity index (χ3v) is 6.33. The highest BCUT2D eigenvalue weighted by atomic mass is 32.2. The quantitative estimate of drug-likeness (QED) is 0.816. The first-order chi connectivity index (χ1) is 9.61. The van der Waals surface area contributed by atoms with E-state index in [2.05, 4.69) is 21.8 Å². The van der Waals surface area contributed by atoms with E-state index in [0.717, 1.165) is 24.8 Å². The first-order valence-corrected chi connectivity index (χ1v) is 8.66. The van der Waals surface area contributed by atoms with E-state index >= 15 is 0 Å². The van der Waals surface area contributed by atoms with Crippen molar-refractivity contribution in [1.29, 1.82) is 0 Å². The molecule has 7 heteroatoms. The molecule has 0 bridgehead atoms. The van der Waals surface area contributed by atoms with Crippen LogP contribution in [0.2, 0.25) is 0 Å². The maximum absolute atomic E-state index is 12.2. The molecule has 0 radical (unpaired) electrons. The van der Waals surface area contributed by atoms with Crippen molar-refractivity contribution in [3.63, 3.8) is 0 Å². The van der Waals surface area contributed by atoms with Gasteiger partial charge in [0.2, 0.25) is 16.0 Å². The summed E-state index contributed by atoms with van der Waals surface area (Å²) >= 11 is 0. The summed E-state index contributed by atoms with van der Waals surface area (Å²) in [6, 6.07) is 0. The largest absolute Gasteiger partial charge is 0.338 e. The van der Waals surface area contributed by atoms with Crippen LogP contribution in [-0.2, 0) is 16.4 Å². The van der Waals surface area contributed by atoms with Crippen molar-refractivity contribution < 1.29 is 8.42 Å². The molecule has 2 fully saturated rings. The number of piperazine rings is 1. The summed E-state index contributed by atoms with van der Waals surface area (Å²) in [4.78, 5) is 10.8. The number of anilines is 1. The second-order valence-corrected chi connectivity index (χ2v) is 7.59. The third kappa shape index (κ3) is 2.64. The molecule has 0 N–H and O–H groups in total. The second kappa shape index (κ2) is 5.29. The molecule has 1 aromatic heterocycles. The fourth-order valence-corrected chi connectivity index (χ4v) is 4.24. The number of aromatic nitrogens is 2. The zero-order valence-electron chi connectivity index (χ0n) is 11.7. The Morgan fingerprint density at radius 3 is 2.25 bits per heavy atom. The van der Waals surface area contributed by atoms with Gasteiger partial charge >= 0.3 is 0 Å². The Bertz CT molecular complexity index is 561. The van der Waals surface area contributed by atoms with Gasteiger partial charge < -0.3 is 4.90 Å². The molecule has 1 aromatic rings. The van der Waals surface area contributed by atoms with E-state index in [4.69, 9.17) is 0 Å². The lowest BCUT2D eigenvalue weighted by Gasteiger charge is -2.34. The number of sulfonamides is 1. The number of nitrogens with zero attached hydrogens (tertiary/aromatic N) is 4. The van der Waals surface area contributed by atoms with Crippen LogP contribution in [0.1, 0.15) is 25.3 Å². The van der Waals surface area contributed by atoms with Crippen LogP contribution in [0.4, 0.5) is 5.95 Å². The fraction of sp³-hybridized carbons (Fsp3) is 0.692. The Morgan fingerprint density at radius 2 is 1.75 bits per heavy atom. The van der Waals surface area contributed by atoms with Gasteiger partial charge in [-0.2, -0.15) is 4.31 Å². The van der Waals surface area contributed by atoms with Gasteiger partial charge in [0.05, 0.1) is 5.25 Å². The molecule has 110 valence electrons. The normalized spacial score (nSPS) is 21.1. The van der Waals surface area contributed by atoms with Crippen LogP contribution in [0.15, 0.2) is 12.4 Å². The lowest BCUT2D eigenvalue weighted by atomic mass is 10.3. The van der Waals surface area contributed by atoms with E-state index in [9.17, 15) is 8.42 Å². The Labute approximate surface area is 119 Å². The van der Waals surface area contributed by atoms with Crippen molar-refractivity contribution in [1.82, 2.24) is 14.3 Å². The van der Waals surface area contributed by atoms with E-state index in [-0.39, 0.29) is 5.25 Å². The van der Waals surface area contributed by atoms with Crippen molar-refractivity contribution in [2.45, 2.75) is 31.4 Å². The van der Waals surface area contributed by atoms with Crippen LogP contribution in [0.25, 0.3) is 0 Å². The molecule has 1 saturated heterocycles. The molecule has 0 atom stereocenters. The van der Waals surface area contributed by atoms with Crippen LogP contribution in [0.5, 0.6) is 0 Å². The highest BCUT2D eigenvalue weighted by molar-refractivity contribution is 7.90. The molecule has 0 spiro atoms. The van der Waals surface area contributed by atoms with Crippen LogP contribution in [-0.4, -0.2) is 54.1 Å². The minimum atomic E-state index is -3.04. The topological polar surface area (TPSA) is 66.4 Å². The highest BCUT2D eigenvalue weighted by Gasteiger charge is 2.41. The molecule has 6 nitrogen and oxygen atoms in total.